The Hall–Kier alpha value is -4.24. The summed E-state index contributed by atoms with van der Waals surface area (Å²) in [6.07, 6.45) is 8.79. The molecular weight excluding hydrogens is 567 g/mol. The summed E-state index contributed by atoms with van der Waals surface area (Å²) >= 11 is 0. The second-order valence-corrected chi connectivity index (χ2v) is 12.8. The number of rotatable bonds is 6. The Morgan fingerprint density at radius 2 is 1.71 bits per heavy atom. The van der Waals surface area contributed by atoms with Gasteiger partial charge >= 0.3 is 0 Å². The minimum Gasteiger partial charge on any atom is -0.339 e. The number of carbonyl (C=O) groups excluding carboxylic acids is 1. The zero-order chi connectivity index (χ0) is 31.2. The van der Waals surface area contributed by atoms with Gasteiger partial charge in [0, 0.05) is 43.3 Å². The van der Waals surface area contributed by atoms with Crippen LogP contribution in [0.2, 0.25) is 0 Å². The maximum absolute atomic E-state index is 15.4. The molecule has 0 spiro atoms. The van der Waals surface area contributed by atoms with E-state index in [-0.39, 0.29) is 17.3 Å². The molecule has 7 rings (SSSR count). The van der Waals surface area contributed by atoms with Crippen molar-refractivity contribution in [2.75, 3.05) is 36.9 Å². The highest BCUT2D eigenvalue weighted by atomic mass is 19.1. The first-order valence-electron chi connectivity index (χ1n) is 16.3. The molecule has 1 N–H and O–H groups in total. The molecule has 3 aliphatic rings. The molecule has 4 aromatic rings. The maximum Gasteiger partial charge on any atom is 0.293 e. The van der Waals surface area contributed by atoms with Crippen LogP contribution in [0.4, 0.5) is 21.6 Å². The standard InChI is InChI=1S/C36H41FN6O2/c1-4-28-29(20-26(37)21-32(28)43-18-17-42-31-8-6-5-7-25(31)19-33(42)35(43)44)30-22-41(3)36(45)34(39-30)38-27-11-9-23(10-12-27)24-13-15-40(2)16-14-24/h9-12,19-22,24H,4-8,13-18H2,1-3H3,(H,38,39). The second kappa shape index (κ2) is 11.9. The predicted molar refractivity (Wildman–Crippen MR) is 176 cm³/mol. The first-order valence-corrected chi connectivity index (χ1v) is 16.3. The monoisotopic (exact) mass is 608 g/mol. The van der Waals surface area contributed by atoms with Gasteiger partial charge in [0.15, 0.2) is 5.82 Å². The van der Waals surface area contributed by atoms with E-state index in [2.05, 4.69) is 34.0 Å². The fourth-order valence-electron chi connectivity index (χ4n) is 7.47. The molecule has 0 unspecified atom stereocenters. The number of fused-ring (bicyclic) bond motifs is 3. The zero-order valence-corrected chi connectivity index (χ0v) is 26.4. The van der Waals surface area contributed by atoms with Crippen molar-refractivity contribution in [1.82, 2.24) is 19.0 Å². The van der Waals surface area contributed by atoms with Gasteiger partial charge in [-0.05, 0) is 118 Å². The molecule has 0 saturated carbocycles. The van der Waals surface area contributed by atoms with Crippen molar-refractivity contribution in [3.8, 4) is 11.3 Å². The molecule has 1 saturated heterocycles. The molecule has 2 aromatic heterocycles. The van der Waals surface area contributed by atoms with Crippen molar-refractivity contribution in [2.45, 2.75) is 64.3 Å². The van der Waals surface area contributed by atoms with Crippen molar-refractivity contribution in [1.29, 1.82) is 0 Å². The Morgan fingerprint density at radius 3 is 2.47 bits per heavy atom. The highest BCUT2D eigenvalue weighted by Crippen LogP contribution is 2.36. The Labute approximate surface area is 263 Å². The molecule has 2 aromatic carbocycles. The number of hydrogen-bond donors (Lipinski definition) is 1. The SMILES string of the molecule is CCc1c(-c2cn(C)c(=O)c(Nc3ccc(C4CCN(C)CC4)cc3)n2)cc(F)cc1N1CCn2c(cc3c2CCCC3)C1=O. The van der Waals surface area contributed by atoms with Gasteiger partial charge in [-0.15, -0.1) is 0 Å². The van der Waals surface area contributed by atoms with Crippen LogP contribution < -0.4 is 15.8 Å². The number of hydrogen-bond acceptors (Lipinski definition) is 5. The molecule has 2 aliphatic heterocycles. The predicted octanol–water partition coefficient (Wildman–Crippen LogP) is 6.04. The van der Waals surface area contributed by atoms with Gasteiger partial charge in [-0.1, -0.05) is 19.1 Å². The smallest absolute Gasteiger partial charge is 0.293 e. The number of benzene rings is 2. The molecule has 0 radical (unpaired) electrons. The highest BCUT2D eigenvalue weighted by molar-refractivity contribution is 6.07. The lowest BCUT2D eigenvalue weighted by atomic mass is 9.89. The van der Waals surface area contributed by atoms with Gasteiger partial charge in [-0.2, -0.15) is 0 Å². The third-order valence-electron chi connectivity index (χ3n) is 9.97. The summed E-state index contributed by atoms with van der Waals surface area (Å²) in [7, 11) is 3.84. The second-order valence-electron chi connectivity index (χ2n) is 12.8. The van der Waals surface area contributed by atoms with Crippen LogP contribution in [-0.2, 0) is 32.9 Å². The van der Waals surface area contributed by atoms with Gasteiger partial charge in [0.25, 0.3) is 11.5 Å². The average Bonchev–Trinajstić information content (AvgIpc) is 3.43. The third kappa shape index (κ3) is 5.47. The first kappa shape index (κ1) is 29.5. The quantitative estimate of drug-likeness (QED) is 0.289. The molecule has 234 valence electrons. The molecule has 1 amide bonds. The Morgan fingerprint density at radius 1 is 0.956 bits per heavy atom. The van der Waals surface area contributed by atoms with Gasteiger partial charge in [-0.25, -0.2) is 9.37 Å². The van der Waals surface area contributed by atoms with Crippen molar-refractivity contribution in [3.63, 3.8) is 0 Å². The summed E-state index contributed by atoms with van der Waals surface area (Å²) < 4.78 is 19.0. The topological polar surface area (TPSA) is 75.4 Å². The number of piperidine rings is 1. The fraction of sp³-hybridized carbons (Fsp3) is 0.417. The minimum atomic E-state index is -0.445. The van der Waals surface area contributed by atoms with Crippen molar-refractivity contribution >= 4 is 23.1 Å². The normalized spacial score (nSPS) is 17.3. The van der Waals surface area contributed by atoms with Crippen LogP contribution >= 0.6 is 0 Å². The molecule has 1 fully saturated rings. The molecule has 0 bridgehead atoms. The summed E-state index contributed by atoms with van der Waals surface area (Å²) in [5.41, 5.74) is 7.50. The van der Waals surface area contributed by atoms with E-state index in [4.69, 9.17) is 4.98 Å². The van der Waals surface area contributed by atoms with Crippen molar-refractivity contribution in [2.24, 2.45) is 7.05 Å². The molecule has 9 heteroatoms. The van der Waals surface area contributed by atoms with E-state index in [1.165, 1.54) is 33.5 Å². The van der Waals surface area contributed by atoms with Gasteiger partial charge < -0.3 is 24.3 Å². The maximum atomic E-state index is 15.4. The lowest BCUT2D eigenvalue weighted by Crippen LogP contribution is -2.41. The van der Waals surface area contributed by atoms with Crippen LogP contribution in [0.3, 0.4) is 0 Å². The molecule has 4 heterocycles. The number of carbonyl (C=O) groups is 1. The van der Waals surface area contributed by atoms with Crippen molar-refractivity contribution < 1.29 is 9.18 Å². The van der Waals surface area contributed by atoms with E-state index in [0.717, 1.165) is 62.9 Å². The van der Waals surface area contributed by atoms with E-state index < -0.39 is 5.82 Å². The highest BCUT2D eigenvalue weighted by Gasteiger charge is 2.32. The Balaban J connectivity index is 1.20. The van der Waals surface area contributed by atoms with Crippen LogP contribution in [-0.4, -0.2) is 51.6 Å². The number of aromatic nitrogens is 3. The van der Waals surface area contributed by atoms with Gasteiger partial charge in [-0.3, -0.25) is 9.59 Å². The van der Waals surface area contributed by atoms with E-state index in [0.29, 0.717) is 48.1 Å². The number of amides is 1. The van der Waals surface area contributed by atoms with Crippen LogP contribution in [0.15, 0.2) is 53.5 Å². The average molecular weight is 609 g/mol. The number of nitrogens with one attached hydrogen (secondary N) is 1. The largest absolute Gasteiger partial charge is 0.339 e. The molecule has 45 heavy (non-hydrogen) atoms. The molecule has 0 atom stereocenters. The van der Waals surface area contributed by atoms with Crippen LogP contribution in [0.1, 0.15) is 71.4 Å². The van der Waals surface area contributed by atoms with Crippen LogP contribution in [0.5, 0.6) is 0 Å². The summed E-state index contributed by atoms with van der Waals surface area (Å²) in [5.74, 6) is 0.175. The molecule has 1 aliphatic carbocycles. The number of aryl methyl sites for hydroxylation is 2. The summed E-state index contributed by atoms with van der Waals surface area (Å²) in [6, 6.07) is 13.2. The third-order valence-corrected chi connectivity index (χ3v) is 9.97. The van der Waals surface area contributed by atoms with E-state index in [1.807, 2.05) is 25.1 Å². The van der Waals surface area contributed by atoms with Gasteiger partial charge in [0.2, 0.25) is 0 Å². The Kier molecular flexibility index (Phi) is 7.81. The van der Waals surface area contributed by atoms with Crippen LogP contribution in [0.25, 0.3) is 11.3 Å². The summed E-state index contributed by atoms with van der Waals surface area (Å²) in [5, 5.41) is 3.22. The lowest BCUT2D eigenvalue weighted by Gasteiger charge is -2.32. The fourth-order valence-corrected chi connectivity index (χ4v) is 7.47. The number of nitrogens with zero attached hydrogens (tertiary/aromatic N) is 5. The number of likely N-dealkylation sites (tertiary alicyclic amines) is 1. The number of anilines is 3. The van der Waals surface area contributed by atoms with Gasteiger partial charge in [0.05, 0.1) is 11.4 Å². The number of halogens is 1. The van der Waals surface area contributed by atoms with E-state index >= 15 is 4.39 Å². The molecular formula is C36H41FN6O2. The first-order chi connectivity index (χ1) is 21.8. The van der Waals surface area contributed by atoms with Gasteiger partial charge in [0.1, 0.15) is 11.5 Å². The van der Waals surface area contributed by atoms with E-state index in [1.54, 1.807) is 18.1 Å². The Bertz CT molecular complexity index is 1820. The molecule has 8 nitrogen and oxygen atoms in total. The summed E-state index contributed by atoms with van der Waals surface area (Å²) in [6.45, 7) is 5.36. The minimum absolute atomic E-state index is 0.0960. The lowest BCUT2D eigenvalue weighted by molar-refractivity contribution is 0.0964. The van der Waals surface area contributed by atoms with E-state index in [9.17, 15) is 9.59 Å². The summed E-state index contributed by atoms with van der Waals surface area (Å²) in [4.78, 5) is 35.9. The zero-order valence-electron chi connectivity index (χ0n) is 26.4. The van der Waals surface area contributed by atoms with Crippen molar-refractivity contribution in [3.05, 3.63) is 92.9 Å². The van der Waals surface area contributed by atoms with Crippen LogP contribution in [0, 0.1) is 5.82 Å².